The highest BCUT2D eigenvalue weighted by Gasteiger charge is 2.07. The lowest BCUT2D eigenvalue weighted by Crippen LogP contribution is -2.37. The zero-order valence-corrected chi connectivity index (χ0v) is 8.24. The first-order chi connectivity index (χ1) is 6.68. The fourth-order valence-electron chi connectivity index (χ4n) is 0.773. The second-order valence-corrected chi connectivity index (χ2v) is 2.93. The van der Waals surface area contributed by atoms with E-state index in [0.29, 0.717) is 32.7 Å². The first-order valence-electron chi connectivity index (χ1n) is 4.62. The summed E-state index contributed by atoms with van der Waals surface area (Å²) in [7, 11) is 0. The zero-order chi connectivity index (χ0) is 10.8. The quantitative estimate of drug-likeness (QED) is 0.260. The Labute approximate surface area is 83.6 Å². The van der Waals surface area contributed by atoms with Gasteiger partial charge in [-0.05, 0) is 19.4 Å². The highest BCUT2D eigenvalue weighted by molar-refractivity contribution is 5.79. The van der Waals surface area contributed by atoms with E-state index in [-0.39, 0.29) is 6.61 Å². The van der Waals surface area contributed by atoms with Gasteiger partial charge in [-0.3, -0.25) is 10.1 Å². The molecule has 0 aromatic carbocycles. The van der Waals surface area contributed by atoms with E-state index in [1.54, 1.807) is 0 Å². The van der Waals surface area contributed by atoms with Gasteiger partial charge >= 0.3 is 0 Å². The molecule has 0 bridgehead atoms. The SMILES string of the molecule is NC(=O)C(N)CCOCNCCCO. The fourth-order valence-corrected chi connectivity index (χ4v) is 0.773. The summed E-state index contributed by atoms with van der Waals surface area (Å²) in [6, 6.07) is -0.632. The van der Waals surface area contributed by atoms with E-state index >= 15 is 0 Å². The summed E-state index contributed by atoms with van der Waals surface area (Å²) in [6.07, 6.45) is 1.13. The highest BCUT2D eigenvalue weighted by atomic mass is 16.5. The zero-order valence-electron chi connectivity index (χ0n) is 8.24. The minimum Gasteiger partial charge on any atom is -0.396 e. The van der Waals surface area contributed by atoms with Gasteiger partial charge in [0.2, 0.25) is 5.91 Å². The number of aliphatic hydroxyl groups is 1. The van der Waals surface area contributed by atoms with Gasteiger partial charge in [0.15, 0.2) is 0 Å². The van der Waals surface area contributed by atoms with E-state index in [1.807, 2.05) is 0 Å². The first-order valence-corrected chi connectivity index (χ1v) is 4.62. The predicted octanol–water partition coefficient (Wildman–Crippen LogP) is -1.86. The molecular formula is C8H19N3O3. The molecule has 0 aromatic heterocycles. The number of ether oxygens (including phenoxy) is 1. The molecule has 84 valence electrons. The third kappa shape index (κ3) is 7.93. The third-order valence-corrected chi connectivity index (χ3v) is 1.65. The van der Waals surface area contributed by atoms with Crippen molar-refractivity contribution in [3.63, 3.8) is 0 Å². The van der Waals surface area contributed by atoms with Crippen molar-refractivity contribution in [3.05, 3.63) is 0 Å². The second-order valence-electron chi connectivity index (χ2n) is 2.93. The van der Waals surface area contributed by atoms with Crippen molar-refractivity contribution in [1.29, 1.82) is 0 Å². The van der Waals surface area contributed by atoms with E-state index in [0.717, 1.165) is 0 Å². The van der Waals surface area contributed by atoms with E-state index < -0.39 is 11.9 Å². The van der Waals surface area contributed by atoms with Gasteiger partial charge in [0.05, 0.1) is 19.4 Å². The van der Waals surface area contributed by atoms with Crippen LogP contribution in [0.4, 0.5) is 0 Å². The minimum absolute atomic E-state index is 0.166. The van der Waals surface area contributed by atoms with Crippen LogP contribution in [0.15, 0.2) is 0 Å². The van der Waals surface area contributed by atoms with Crippen LogP contribution in [0.25, 0.3) is 0 Å². The summed E-state index contributed by atoms with van der Waals surface area (Å²) in [4.78, 5) is 10.5. The van der Waals surface area contributed by atoms with Crippen LogP contribution in [0.2, 0.25) is 0 Å². The predicted molar refractivity (Wildman–Crippen MR) is 52.3 cm³/mol. The average molecular weight is 205 g/mol. The van der Waals surface area contributed by atoms with Crippen molar-refractivity contribution in [3.8, 4) is 0 Å². The van der Waals surface area contributed by atoms with Gasteiger partial charge in [-0.1, -0.05) is 0 Å². The van der Waals surface area contributed by atoms with Crippen molar-refractivity contribution in [2.45, 2.75) is 18.9 Å². The second kappa shape index (κ2) is 8.89. The Balaban J connectivity index is 3.09. The maximum absolute atomic E-state index is 10.5. The van der Waals surface area contributed by atoms with Crippen molar-refractivity contribution in [2.24, 2.45) is 11.5 Å². The smallest absolute Gasteiger partial charge is 0.234 e. The van der Waals surface area contributed by atoms with Gasteiger partial charge in [0, 0.05) is 6.61 Å². The van der Waals surface area contributed by atoms with Crippen LogP contribution in [-0.4, -0.2) is 43.5 Å². The molecule has 14 heavy (non-hydrogen) atoms. The molecule has 0 spiro atoms. The summed E-state index contributed by atoms with van der Waals surface area (Å²) < 4.78 is 5.12. The van der Waals surface area contributed by atoms with Crippen molar-refractivity contribution < 1.29 is 14.6 Å². The van der Waals surface area contributed by atoms with Gasteiger partial charge in [0.1, 0.15) is 0 Å². The number of amides is 1. The highest BCUT2D eigenvalue weighted by Crippen LogP contribution is 1.87. The summed E-state index contributed by atoms with van der Waals surface area (Å²) >= 11 is 0. The molecule has 1 unspecified atom stereocenters. The number of nitrogens with one attached hydrogen (secondary N) is 1. The number of hydrogen-bond donors (Lipinski definition) is 4. The maximum atomic E-state index is 10.5. The Bertz CT molecular complexity index is 155. The van der Waals surface area contributed by atoms with Crippen LogP contribution in [0.1, 0.15) is 12.8 Å². The summed E-state index contributed by atoms with van der Waals surface area (Å²) in [6.45, 7) is 1.67. The molecule has 0 rings (SSSR count). The van der Waals surface area contributed by atoms with Crippen LogP contribution in [0.3, 0.4) is 0 Å². The molecule has 6 heteroatoms. The molecule has 0 saturated heterocycles. The molecule has 0 aliphatic rings. The molecule has 0 saturated carbocycles. The van der Waals surface area contributed by atoms with E-state index in [1.165, 1.54) is 0 Å². The van der Waals surface area contributed by atoms with Gasteiger partial charge in [-0.25, -0.2) is 0 Å². The van der Waals surface area contributed by atoms with Gasteiger partial charge in [-0.2, -0.15) is 0 Å². The summed E-state index contributed by atoms with van der Waals surface area (Å²) in [5, 5.41) is 11.4. The molecule has 6 N–H and O–H groups in total. The number of aliphatic hydroxyl groups excluding tert-OH is 1. The monoisotopic (exact) mass is 205 g/mol. The summed E-state index contributed by atoms with van der Waals surface area (Å²) in [5.41, 5.74) is 10.3. The molecule has 0 heterocycles. The lowest BCUT2D eigenvalue weighted by atomic mass is 10.2. The van der Waals surface area contributed by atoms with E-state index in [9.17, 15) is 4.79 Å². The van der Waals surface area contributed by atoms with Crippen molar-refractivity contribution >= 4 is 5.91 Å². The van der Waals surface area contributed by atoms with Crippen LogP contribution >= 0.6 is 0 Å². The normalized spacial score (nSPS) is 12.7. The molecular weight excluding hydrogens is 186 g/mol. The standard InChI is InChI=1S/C8H19N3O3/c9-7(8(10)13)2-5-14-6-11-3-1-4-12/h7,11-12H,1-6,9H2,(H2,10,13). The third-order valence-electron chi connectivity index (χ3n) is 1.65. The van der Waals surface area contributed by atoms with Crippen molar-refractivity contribution in [1.82, 2.24) is 5.32 Å². The molecule has 6 nitrogen and oxygen atoms in total. The van der Waals surface area contributed by atoms with E-state index in [4.69, 9.17) is 21.3 Å². The van der Waals surface area contributed by atoms with Crippen LogP contribution in [-0.2, 0) is 9.53 Å². The van der Waals surface area contributed by atoms with E-state index in [2.05, 4.69) is 5.32 Å². The molecule has 0 aliphatic carbocycles. The Hall–Kier alpha value is -0.690. The topological polar surface area (TPSA) is 111 Å². The molecule has 0 aliphatic heterocycles. The number of nitrogens with two attached hydrogens (primary N) is 2. The largest absolute Gasteiger partial charge is 0.396 e. The maximum Gasteiger partial charge on any atom is 0.234 e. The molecule has 0 fully saturated rings. The van der Waals surface area contributed by atoms with Crippen molar-refractivity contribution in [2.75, 3.05) is 26.5 Å². The first kappa shape index (κ1) is 13.3. The van der Waals surface area contributed by atoms with Gasteiger partial charge in [-0.15, -0.1) is 0 Å². The number of carbonyl (C=O) groups excluding carboxylic acids is 1. The lowest BCUT2D eigenvalue weighted by molar-refractivity contribution is -0.119. The Morgan fingerprint density at radius 1 is 1.57 bits per heavy atom. The number of primary amides is 1. The molecule has 0 radical (unpaired) electrons. The molecule has 0 aromatic rings. The average Bonchev–Trinajstić information content (AvgIpc) is 2.16. The fraction of sp³-hybridized carbons (Fsp3) is 0.875. The minimum atomic E-state index is -0.632. The Morgan fingerprint density at radius 3 is 2.86 bits per heavy atom. The number of rotatable bonds is 9. The lowest BCUT2D eigenvalue weighted by Gasteiger charge is -2.08. The Morgan fingerprint density at radius 2 is 2.29 bits per heavy atom. The number of carbonyl (C=O) groups is 1. The number of hydrogen-bond acceptors (Lipinski definition) is 5. The molecule has 1 amide bonds. The van der Waals surface area contributed by atoms with Gasteiger partial charge in [0.25, 0.3) is 0 Å². The van der Waals surface area contributed by atoms with Crippen LogP contribution in [0.5, 0.6) is 0 Å². The van der Waals surface area contributed by atoms with Crippen LogP contribution < -0.4 is 16.8 Å². The summed E-state index contributed by atoms with van der Waals surface area (Å²) in [5.74, 6) is -0.512. The van der Waals surface area contributed by atoms with Crippen LogP contribution in [0, 0.1) is 0 Å². The Kier molecular flexibility index (Phi) is 8.45. The molecule has 1 atom stereocenters. The van der Waals surface area contributed by atoms with Gasteiger partial charge < -0.3 is 21.3 Å².